The standard InChI is InChI=1S/C15H25N3O2S.HI/c1-5-16-15(17-8-9-21(4,19)20)18-11-14-7-6-12(2)10-13(14)3;/h6-7,10H,5,8-9,11H2,1-4H3,(H2,16,17,18);1H. The molecule has 0 atom stereocenters. The molecule has 0 aromatic heterocycles. The summed E-state index contributed by atoms with van der Waals surface area (Å²) >= 11 is 0. The third kappa shape index (κ3) is 8.57. The number of aryl methyl sites for hydroxylation is 2. The Morgan fingerprint density at radius 3 is 2.45 bits per heavy atom. The normalized spacial score (nSPS) is 11.7. The fraction of sp³-hybridized carbons (Fsp3) is 0.533. The maximum Gasteiger partial charge on any atom is 0.191 e. The van der Waals surface area contributed by atoms with E-state index < -0.39 is 9.84 Å². The molecule has 0 aliphatic heterocycles. The molecule has 0 bridgehead atoms. The second-order valence-electron chi connectivity index (χ2n) is 5.18. The monoisotopic (exact) mass is 439 g/mol. The Balaban J connectivity index is 0.00000441. The summed E-state index contributed by atoms with van der Waals surface area (Å²) in [5.74, 6) is 0.738. The predicted molar refractivity (Wildman–Crippen MR) is 104 cm³/mol. The van der Waals surface area contributed by atoms with E-state index in [1.54, 1.807) is 0 Å². The van der Waals surface area contributed by atoms with E-state index in [9.17, 15) is 8.42 Å². The summed E-state index contributed by atoms with van der Waals surface area (Å²) in [4.78, 5) is 4.49. The molecule has 0 heterocycles. The van der Waals surface area contributed by atoms with E-state index in [2.05, 4.69) is 47.7 Å². The second-order valence-corrected chi connectivity index (χ2v) is 7.44. The fourth-order valence-electron chi connectivity index (χ4n) is 1.88. The van der Waals surface area contributed by atoms with Crippen LogP contribution in [0.4, 0.5) is 0 Å². The van der Waals surface area contributed by atoms with Crippen molar-refractivity contribution in [3.05, 3.63) is 34.9 Å². The van der Waals surface area contributed by atoms with Gasteiger partial charge < -0.3 is 10.6 Å². The highest BCUT2D eigenvalue weighted by Crippen LogP contribution is 2.11. The van der Waals surface area contributed by atoms with Crippen LogP contribution < -0.4 is 10.6 Å². The van der Waals surface area contributed by atoms with E-state index >= 15 is 0 Å². The average molecular weight is 439 g/mol. The molecule has 5 nitrogen and oxygen atoms in total. The van der Waals surface area contributed by atoms with Crippen molar-refractivity contribution >= 4 is 39.8 Å². The van der Waals surface area contributed by atoms with Crippen LogP contribution >= 0.6 is 24.0 Å². The van der Waals surface area contributed by atoms with Gasteiger partial charge in [0, 0.05) is 19.3 Å². The Kier molecular flexibility index (Phi) is 9.66. The van der Waals surface area contributed by atoms with Crippen molar-refractivity contribution in [1.82, 2.24) is 10.6 Å². The number of guanidine groups is 1. The van der Waals surface area contributed by atoms with Crippen molar-refractivity contribution in [1.29, 1.82) is 0 Å². The van der Waals surface area contributed by atoms with Crippen LogP contribution in [0.3, 0.4) is 0 Å². The van der Waals surface area contributed by atoms with E-state index in [1.807, 2.05) is 6.92 Å². The highest BCUT2D eigenvalue weighted by atomic mass is 127. The van der Waals surface area contributed by atoms with Crippen molar-refractivity contribution in [3.63, 3.8) is 0 Å². The molecule has 0 amide bonds. The van der Waals surface area contributed by atoms with Crippen LogP contribution in [-0.2, 0) is 16.4 Å². The lowest BCUT2D eigenvalue weighted by Crippen LogP contribution is -2.39. The third-order valence-corrected chi connectivity index (χ3v) is 3.96. The van der Waals surface area contributed by atoms with Gasteiger partial charge in [-0.2, -0.15) is 0 Å². The summed E-state index contributed by atoms with van der Waals surface area (Å²) in [5.41, 5.74) is 3.62. The zero-order valence-corrected chi connectivity index (χ0v) is 16.8. The molecule has 22 heavy (non-hydrogen) atoms. The van der Waals surface area contributed by atoms with Gasteiger partial charge in [-0.05, 0) is 31.9 Å². The van der Waals surface area contributed by atoms with Crippen LogP contribution in [0.15, 0.2) is 23.2 Å². The molecule has 0 unspecified atom stereocenters. The first kappa shape index (κ1) is 21.2. The van der Waals surface area contributed by atoms with Gasteiger partial charge in [0.15, 0.2) is 5.96 Å². The molecule has 1 aromatic carbocycles. The smallest absolute Gasteiger partial charge is 0.191 e. The highest BCUT2D eigenvalue weighted by Gasteiger charge is 2.04. The Hall–Kier alpha value is -0.830. The lowest BCUT2D eigenvalue weighted by Gasteiger charge is -2.11. The van der Waals surface area contributed by atoms with Crippen LogP contribution in [0.1, 0.15) is 23.6 Å². The number of hydrogen-bond donors (Lipinski definition) is 2. The Bertz CT molecular complexity index is 601. The van der Waals surface area contributed by atoms with Gasteiger partial charge in [0.25, 0.3) is 0 Å². The minimum Gasteiger partial charge on any atom is -0.357 e. The van der Waals surface area contributed by atoms with E-state index in [4.69, 9.17) is 0 Å². The van der Waals surface area contributed by atoms with Gasteiger partial charge in [0.2, 0.25) is 0 Å². The van der Waals surface area contributed by atoms with Crippen LogP contribution in [0.25, 0.3) is 0 Å². The van der Waals surface area contributed by atoms with Crippen molar-refractivity contribution in [2.45, 2.75) is 27.3 Å². The Morgan fingerprint density at radius 1 is 1.23 bits per heavy atom. The number of benzene rings is 1. The topological polar surface area (TPSA) is 70.6 Å². The van der Waals surface area contributed by atoms with Gasteiger partial charge in [0.05, 0.1) is 12.3 Å². The number of aliphatic imine (C=N–C) groups is 1. The number of hydrogen-bond acceptors (Lipinski definition) is 3. The molecule has 0 aliphatic rings. The third-order valence-electron chi connectivity index (χ3n) is 3.02. The fourth-order valence-corrected chi connectivity index (χ4v) is 2.36. The number of sulfone groups is 1. The molecule has 0 saturated carbocycles. The quantitative estimate of drug-likeness (QED) is 0.404. The van der Waals surface area contributed by atoms with Crippen molar-refractivity contribution in [2.24, 2.45) is 4.99 Å². The van der Waals surface area contributed by atoms with Gasteiger partial charge >= 0.3 is 0 Å². The van der Waals surface area contributed by atoms with Crippen LogP contribution in [-0.4, -0.2) is 39.5 Å². The molecule has 0 saturated heterocycles. The van der Waals surface area contributed by atoms with Crippen LogP contribution in [0.5, 0.6) is 0 Å². The molecular formula is C15H26IN3O2S. The molecule has 0 radical (unpaired) electrons. The maximum absolute atomic E-state index is 11.1. The maximum atomic E-state index is 11.1. The van der Waals surface area contributed by atoms with Crippen molar-refractivity contribution in [3.8, 4) is 0 Å². The lowest BCUT2D eigenvalue weighted by molar-refractivity contribution is 0.600. The molecule has 2 N–H and O–H groups in total. The van der Waals surface area contributed by atoms with Gasteiger partial charge in [0.1, 0.15) is 9.84 Å². The van der Waals surface area contributed by atoms with Gasteiger partial charge in [-0.25, -0.2) is 13.4 Å². The number of halogens is 1. The molecule has 1 rings (SSSR count). The summed E-state index contributed by atoms with van der Waals surface area (Å²) in [7, 11) is -2.96. The van der Waals surface area contributed by atoms with Gasteiger partial charge in [-0.3, -0.25) is 0 Å². The highest BCUT2D eigenvalue weighted by molar-refractivity contribution is 14.0. The minimum atomic E-state index is -2.96. The first-order valence-corrected chi connectivity index (χ1v) is 9.14. The minimum absolute atomic E-state index is 0. The van der Waals surface area contributed by atoms with Crippen molar-refractivity contribution < 1.29 is 8.42 Å². The molecule has 7 heteroatoms. The zero-order valence-electron chi connectivity index (χ0n) is 13.6. The van der Waals surface area contributed by atoms with Crippen LogP contribution in [0, 0.1) is 13.8 Å². The van der Waals surface area contributed by atoms with Crippen LogP contribution in [0.2, 0.25) is 0 Å². The summed E-state index contributed by atoms with van der Waals surface area (Å²) < 4.78 is 22.3. The average Bonchev–Trinajstić information content (AvgIpc) is 2.36. The molecule has 0 fully saturated rings. The molecule has 0 spiro atoms. The molecular weight excluding hydrogens is 413 g/mol. The number of nitrogens with zero attached hydrogens (tertiary/aromatic N) is 1. The largest absolute Gasteiger partial charge is 0.357 e. The van der Waals surface area contributed by atoms with E-state index in [1.165, 1.54) is 22.9 Å². The number of nitrogens with one attached hydrogen (secondary N) is 2. The van der Waals surface area contributed by atoms with Gasteiger partial charge in [-0.15, -0.1) is 24.0 Å². The molecule has 126 valence electrons. The first-order valence-electron chi connectivity index (χ1n) is 7.08. The molecule has 0 aliphatic carbocycles. The summed E-state index contributed by atoms with van der Waals surface area (Å²) in [6.07, 6.45) is 1.23. The van der Waals surface area contributed by atoms with Crippen molar-refractivity contribution in [2.75, 3.05) is 25.1 Å². The summed E-state index contributed by atoms with van der Waals surface area (Å²) in [5, 5.41) is 6.15. The lowest BCUT2D eigenvalue weighted by atomic mass is 10.1. The number of rotatable bonds is 6. The zero-order chi connectivity index (χ0) is 15.9. The van der Waals surface area contributed by atoms with E-state index in [0.717, 1.165) is 6.54 Å². The Morgan fingerprint density at radius 2 is 1.91 bits per heavy atom. The summed E-state index contributed by atoms with van der Waals surface area (Å²) in [6.45, 7) is 7.78. The summed E-state index contributed by atoms with van der Waals surface area (Å²) in [6, 6.07) is 6.28. The second kappa shape index (κ2) is 10.0. The molecule has 1 aromatic rings. The first-order chi connectivity index (χ1) is 9.81. The van der Waals surface area contributed by atoms with Gasteiger partial charge in [-0.1, -0.05) is 23.8 Å². The van der Waals surface area contributed by atoms with E-state index in [-0.39, 0.29) is 29.7 Å². The SMILES string of the molecule is CCNC(=NCc1ccc(C)cc1C)NCCS(C)(=O)=O.I. The Labute approximate surface area is 150 Å². The predicted octanol–water partition coefficient (Wildman–Crippen LogP) is 2.02. The van der Waals surface area contributed by atoms with E-state index in [0.29, 0.717) is 19.0 Å².